The number of nitrogens with zero attached hydrogens (tertiary/aromatic N) is 2. The zero-order valence-corrected chi connectivity index (χ0v) is 17.5. The molecule has 1 N–H and O–H groups in total. The largest absolute Gasteiger partial charge is 0.309 e. The van der Waals surface area contributed by atoms with Gasteiger partial charge in [-0.15, -0.1) is 0 Å². The minimum absolute atomic E-state index is 0.0190. The molecule has 1 saturated heterocycles. The van der Waals surface area contributed by atoms with Crippen LogP contribution in [0.2, 0.25) is 0 Å². The van der Waals surface area contributed by atoms with Crippen molar-refractivity contribution in [3.8, 4) is 11.8 Å². The van der Waals surface area contributed by atoms with Gasteiger partial charge in [0.25, 0.3) is 5.56 Å². The van der Waals surface area contributed by atoms with Crippen molar-refractivity contribution in [1.82, 2.24) is 14.9 Å². The van der Waals surface area contributed by atoms with Gasteiger partial charge in [-0.3, -0.25) is 9.36 Å². The molecule has 2 aliphatic rings. The van der Waals surface area contributed by atoms with Gasteiger partial charge in [-0.1, -0.05) is 38.2 Å². The fourth-order valence-electron chi connectivity index (χ4n) is 4.33. The van der Waals surface area contributed by atoms with E-state index in [9.17, 15) is 9.18 Å². The quantitative estimate of drug-likeness (QED) is 0.577. The van der Waals surface area contributed by atoms with Crippen molar-refractivity contribution in [3.05, 3.63) is 75.6 Å². The van der Waals surface area contributed by atoms with Crippen molar-refractivity contribution in [2.45, 2.75) is 51.6 Å². The molecular weight excluding hydrogens is 377 g/mol. The number of halogens is 1. The third kappa shape index (κ3) is 3.88. The van der Waals surface area contributed by atoms with Gasteiger partial charge in [-0.25, -0.2) is 9.37 Å². The van der Waals surface area contributed by atoms with E-state index in [2.05, 4.69) is 17.2 Å². The Morgan fingerprint density at radius 3 is 2.63 bits per heavy atom. The first-order chi connectivity index (χ1) is 14.6. The number of hydrogen-bond donors (Lipinski definition) is 1. The number of fused-ring (bicyclic) bond motifs is 2. The molecule has 1 unspecified atom stereocenters. The summed E-state index contributed by atoms with van der Waals surface area (Å²) in [5.74, 6) is 6.56. The van der Waals surface area contributed by atoms with Crippen molar-refractivity contribution >= 4 is 10.9 Å². The van der Waals surface area contributed by atoms with Crippen LogP contribution < -0.4 is 10.9 Å². The molecule has 3 heterocycles. The summed E-state index contributed by atoms with van der Waals surface area (Å²) in [6, 6.07) is 11.7. The van der Waals surface area contributed by atoms with Crippen LogP contribution in [0.4, 0.5) is 4.39 Å². The van der Waals surface area contributed by atoms with E-state index in [-0.39, 0.29) is 16.9 Å². The van der Waals surface area contributed by atoms with Gasteiger partial charge in [0.2, 0.25) is 0 Å². The molecule has 30 heavy (non-hydrogen) atoms. The topological polar surface area (TPSA) is 46.9 Å². The van der Waals surface area contributed by atoms with E-state index in [1.807, 2.05) is 30.5 Å². The first kappa shape index (κ1) is 20.3. The van der Waals surface area contributed by atoms with Gasteiger partial charge in [0.05, 0.1) is 10.9 Å². The maximum Gasteiger partial charge on any atom is 0.261 e. The number of piperidine rings is 1. The first-order valence-corrected chi connectivity index (χ1v) is 10.7. The molecule has 154 valence electrons. The van der Waals surface area contributed by atoms with Gasteiger partial charge in [0.1, 0.15) is 11.6 Å². The van der Waals surface area contributed by atoms with Crippen LogP contribution in [0, 0.1) is 17.7 Å². The number of hydrogen-bond acceptors (Lipinski definition) is 3. The first-order valence-electron chi connectivity index (χ1n) is 10.7. The highest BCUT2D eigenvalue weighted by Gasteiger charge is 2.39. The van der Waals surface area contributed by atoms with Crippen molar-refractivity contribution < 1.29 is 4.39 Å². The van der Waals surface area contributed by atoms with Crippen LogP contribution in [0.1, 0.15) is 50.1 Å². The highest BCUT2D eigenvalue weighted by atomic mass is 19.1. The van der Waals surface area contributed by atoms with Crippen molar-refractivity contribution in [2.75, 3.05) is 6.54 Å². The van der Waals surface area contributed by atoms with E-state index in [1.54, 1.807) is 18.2 Å². The normalized spacial score (nSPS) is 19.6. The van der Waals surface area contributed by atoms with Crippen LogP contribution in [0.25, 0.3) is 10.9 Å². The Balaban J connectivity index is 0.00000106. The number of benzene rings is 2. The highest BCUT2D eigenvalue weighted by Crippen LogP contribution is 2.30. The smallest absolute Gasteiger partial charge is 0.261 e. The second kappa shape index (κ2) is 8.41. The maximum absolute atomic E-state index is 13.3. The average Bonchev–Trinajstić information content (AvgIpc) is 3.12. The number of aromatic nitrogens is 2. The second-order valence-corrected chi connectivity index (χ2v) is 7.75. The lowest BCUT2D eigenvalue weighted by molar-refractivity contribution is 0.248. The molecule has 0 radical (unpaired) electrons. The minimum atomic E-state index is -0.305. The summed E-state index contributed by atoms with van der Waals surface area (Å²) in [5.41, 5.74) is 2.06. The van der Waals surface area contributed by atoms with E-state index in [4.69, 9.17) is 4.98 Å². The SMILES string of the molecule is CC.O=c1c2ccc(C#Cc3cccc(F)c3)cc2nc2n1CC1(CCCCN1)C2. The summed E-state index contributed by atoms with van der Waals surface area (Å²) >= 11 is 0. The van der Waals surface area contributed by atoms with Crippen LogP contribution in [0.15, 0.2) is 47.3 Å². The van der Waals surface area contributed by atoms with Gasteiger partial charge >= 0.3 is 0 Å². The molecule has 1 fully saturated rings. The van der Waals surface area contributed by atoms with Gasteiger partial charge in [0, 0.05) is 29.6 Å². The molecule has 0 amide bonds. The van der Waals surface area contributed by atoms with Crippen molar-refractivity contribution in [2.24, 2.45) is 0 Å². The molecule has 4 nitrogen and oxygen atoms in total. The molecule has 2 aromatic carbocycles. The Hall–Kier alpha value is -2.97. The lowest BCUT2D eigenvalue weighted by atomic mass is 9.88. The fourth-order valence-corrected chi connectivity index (χ4v) is 4.33. The fraction of sp³-hybridized carbons (Fsp3) is 0.360. The molecule has 3 aromatic rings. The van der Waals surface area contributed by atoms with Crippen molar-refractivity contribution in [3.63, 3.8) is 0 Å². The van der Waals surface area contributed by atoms with Gasteiger partial charge < -0.3 is 5.32 Å². The molecule has 0 aliphatic carbocycles. The lowest BCUT2D eigenvalue weighted by Crippen LogP contribution is -2.50. The van der Waals surface area contributed by atoms with Gasteiger partial charge in [-0.05, 0) is 55.8 Å². The Bertz CT molecular complexity index is 1200. The monoisotopic (exact) mass is 403 g/mol. The Labute approximate surface area is 176 Å². The van der Waals surface area contributed by atoms with Crippen LogP contribution in [0.5, 0.6) is 0 Å². The predicted octanol–water partition coefficient (Wildman–Crippen LogP) is 4.03. The lowest BCUT2D eigenvalue weighted by Gasteiger charge is -2.33. The third-order valence-corrected chi connectivity index (χ3v) is 5.75. The summed E-state index contributed by atoms with van der Waals surface area (Å²) in [6.07, 6.45) is 4.25. The van der Waals surface area contributed by atoms with Gasteiger partial charge in [0.15, 0.2) is 0 Å². The minimum Gasteiger partial charge on any atom is -0.309 e. The highest BCUT2D eigenvalue weighted by molar-refractivity contribution is 5.79. The molecule has 5 heteroatoms. The summed E-state index contributed by atoms with van der Waals surface area (Å²) in [5, 5.41) is 4.24. The van der Waals surface area contributed by atoms with E-state index < -0.39 is 0 Å². The van der Waals surface area contributed by atoms with E-state index in [0.29, 0.717) is 23.0 Å². The zero-order chi connectivity index (χ0) is 21.1. The number of nitrogens with one attached hydrogen (secondary N) is 1. The molecule has 0 bridgehead atoms. The summed E-state index contributed by atoms with van der Waals surface area (Å²) in [4.78, 5) is 17.8. The molecule has 5 rings (SSSR count). The summed E-state index contributed by atoms with van der Waals surface area (Å²) in [6.45, 7) is 5.70. The molecule has 2 aliphatic heterocycles. The number of rotatable bonds is 0. The summed E-state index contributed by atoms with van der Waals surface area (Å²) < 4.78 is 15.1. The molecule has 0 saturated carbocycles. The average molecular weight is 404 g/mol. The molecule has 1 spiro atoms. The van der Waals surface area contributed by atoms with Crippen molar-refractivity contribution in [1.29, 1.82) is 0 Å². The third-order valence-electron chi connectivity index (χ3n) is 5.75. The van der Waals surface area contributed by atoms with E-state index in [0.717, 1.165) is 30.8 Å². The Kier molecular flexibility index (Phi) is 5.69. The maximum atomic E-state index is 13.3. The standard InChI is InChI=1S/C23H20FN3O.C2H6/c24-18-5-3-4-16(12-18)6-7-17-8-9-19-20(13-17)26-21-14-23(10-1-2-11-25-23)15-27(21)22(19)28;1-2/h3-5,8-9,12-13,25H,1-2,10-11,14-15H2;1-2H3. The van der Waals surface area contributed by atoms with E-state index >= 15 is 0 Å². The zero-order valence-electron chi connectivity index (χ0n) is 17.5. The Morgan fingerprint density at radius 2 is 1.90 bits per heavy atom. The Morgan fingerprint density at radius 1 is 1.10 bits per heavy atom. The summed E-state index contributed by atoms with van der Waals surface area (Å²) in [7, 11) is 0. The predicted molar refractivity (Wildman–Crippen MR) is 118 cm³/mol. The van der Waals surface area contributed by atoms with Crippen LogP contribution >= 0.6 is 0 Å². The molecule has 1 atom stereocenters. The second-order valence-electron chi connectivity index (χ2n) is 7.75. The van der Waals surface area contributed by atoms with Crippen LogP contribution in [-0.2, 0) is 13.0 Å². The molecule has 1 aromatic heterocycles. The molecular formula is C25H26FN3O. The van der Waals surface area contributed by atoms with Crippen LogP contribution in [-0.4, -0.2) is 21.6 Å². The van der Waals surface area contributed by atoms with Crippen LogP contribution in [0.3, 0.4) is 0 Å². The van der Waals surface area contributed by atoms with E-state index in [1.165, 1.54) is 25.0 Å². The van der Waals surface area contributed by atoms with Gasteiger partial charge in [-0.2, -0.15) is 0 Å².